The van der Waals surface area contributed by atoms with Crippen molar-refractivity contribution in [3.63, 3.8) is 0 Å². The first-order valence-electron chi connectivity index (χ1n) is 8.70. The molecule has 1 unspecified atom stereocenters. The molecule has 1 aromatic heterocycles. The normalized spacial score (nSPS) is 16.4. The molecule has 0 saturated carbocycles. The number of amides is 2. The molecule has 0 bridgehead atoms. The van der Waals surface area contributed by atoms with Crippen molar-refractivity contribution in [3.05, 3.63) is 35.5 Å². The van der Waals surface area contributed by atoms with Gasteiger partial charge in [0.2, 0.25) is 5.91 Å². The van der Waals surface area contributed by atoms with Gasteiger partial charge in [-0.25, -0.2) is 0 Å². The molecule has 10 nitrogen and oxygen atoms in total. The number of Topliss-reactive ketones (excluding diaryl/α,β-unsaturated/α-hetero) is 1. The highest BCUT2D eigenvalue weighted by atomic mass is 32.1. The Morgan fingerprint density at radius 3 is 2.55 bits per heavy atom. The van der Waals surface area contributed by atoms with Gasteiger partial charge in [-0.15, -0.1) is 0 Å². The van der Waals surface area contributed by atoms with Gasteiger partial charge < -0.3 is 19.8 Å². The van der Waals surface area contributed by atoms with Crippen LogP contribution in [0.1, 0.15) is 29.4 Å². The average molecular weight is 417 g/mol. The lowest BCUT2D eigenvalue weighted by Gasteiger charge is -2.21. The summed E-state index contributed by atoms with van der Waals surface area (Å²) >= 11 is 5.30. The molecule has 0 spiro atoms. The third-order valence-electron chi connectivity index (χ3n) is 4.67. The van der Waals surface area contributed by atoms with Crippen molar-refractivity contribution in [2.45, 2.75) is 25.9 Å². The standard InChI is InChI=1S/C18H19N5O5S/c1-10(24)11-4-6-12(7-5-11)19-15(25)8-13-16(26)21(2)18(29)23(13)9-14-17(27)28-20-22(14)3/h4-7,13H,8-9H2,1-3H3,(H-,19,20,24,25,27). The maximum absolute atomic E-state index is 12.6. The molecule has 2 aromatic rings. The number of carbonyl (C=O) groups excluding carboxylic acids is 3. The molecule has 1 aliphatic heterocycles. The van der Waals surface area contributed by atoms with E-state index in [9.17, 15) is 19.5 Å². The molecule has 0 aliphatic carbocycles. The van der Waals surface area contributed by atoms with Gasteiger partial charge in [-0.2, -0.15) is 0 Å². The highest BCUT2D eigenvalue weighted by molar-refractivity contribution is 7.80. The Morgan fingerprint density at radius 2 is 2.00 bits per heavy atom. The molecule has 29 heavy (non-hydrogen) atoms. The van der Waals surface area contributed by atoms with Gasteiger partial charge in [-0.1, -0.05) is 4.68 Å². The van der Waals surface area contributed by atoms with Crippen molar-refractivity contribution in [2.24, 2.45) is 7.05 Å². The first kappa shape index (κ1) is 20.4. The van der Waals surface area contributed by atoms with E-state index in [0.29, 0.717) is 11.3 Å². The summed E-state index contributed by atoms with van der Waals surface area (Å²) in [4.78, 5) is 39.2. The molecule has 0 radical (unpaired) electrons. The zero-order valence-corrected chi connectivity index (χ0v) is 16.9. The monoisotopic (exact) mass is 417 g/mol. The number of anilines is 1. The number of rotatable bonds is 6. The molecular formula is C18H19N5O5S. The maximum Gasteiger partial charge on any atom is 0.252 e. The van der Waals surface area contributed by atoms with Crippen LogP contribution in [0, 0.1) is 0 Å². The Hall–Kier alpha value is -3.34. The number of hydrogen-bond donors (Lipinski definition) is 1. The van der Waals surface area contributed by atoms with Gasteiger partial charge >= 0.3 is 0 Å². The average Bonchev–Trinajstić information content (AvgIpc) is 3.09. The van der Waals surface area contributed by atoms with Gasteiger partial charge in [-0.3, -0.25) is 19.3 Å². The smallest absolute Gasteiger partial charge is 0.252 e. The minimum atomic E-state index is -0.863. The molecule has 1 saturated heterocycles. The minimum Gasteiger partial charge on any atom is -0.539 e. The van der Waals surface area contributed by atoms with E-state index in [1.54, 1.807) is 24.3 Å². The van der Waals surface area contributed by atoms with Gasteiger partial charge in [0.05, 0.1) is 11.7 Å². The van der Waals surface area contributed by atoms with Crippen molar-refractivity contribution in [2.75, 3.05) is 12.4 Å². The number of nitrogens with one attached hydrogen (secondary N) is 1. The predicted molar refractivity (Wildman–Crippen MR) is 102 cm³/mol. The van der Waals surface area contributed by atoms with E-state index in [1.807, 2.05) is 0 Å². The molecule has 1 atom stereocenters. The fourth-order valence-electron chi connectivity index (χ4n) is 2.99. The number of hydrogen-bond acceptors (Lipinski definition) is 7. The second-order valence-corrected chi connectivity index (χ2v) is 7.01. The third-order valence-corrected chi connectivity index (χ3v) is 5.18. The minimum absolute atomic E-state index is 0.0149. The lowest BCUT2D eigenvalue weighted by atomic mass is 10.1. The van der Waals surface area contributed by atoms with E-state index < -0.39 is 17.9 Å². The largest absolute Gasteiger partial charge is 0.539 e. The highest BCUT2D eigenvalue weighted by Crippen LogP contribution is 2.23. The van der Waals surface area contributed by atoms with E-state index in [1.165, 1.54) is 35.5 Å². The number of carbonyl (C=O) groups is 3. The van der Waals surface area contributed by atoms with Gasteiger partial charge in [0.1, 0.15) is 12.6 Å². The van der Waals surface area contributed by atoms with Crippen LogP contribution in [0.25, 0.3) is 0 Å². The Kier molecular flexibility index (Phi) is 5.59. The second kappa shape index (κ2) is 7.95. The number of aromatic nitrogens is 2. The molecule has 152 valence electrons. The zero-order valence-electron chi connectivity index (χ0n) is 16.0. The summed E-state index contributed by atoms with van der Waals surface area (Å²) in [5, 5.41) is 18.3. The number of ketones is 1. The van der Waals surface area contributed by atoms with Crippen molar-refractivity contribution in [3.8, 4) is 5.95 Å². The van der Waals surface area contributed by atoms with Crippen molar-refractivity contribution in [1.29, 1.82) is 0 Å². The topological polar surface area (TPSA) is 123 Å². The Balaban J connectivity index is 1.74. The Morgan fingerprint density at radius 1 is 1.34 bits per heavy atom. The second-order valence-electron chi connectivity index (χ2n) is 6.64. The predicted octanol–water partition coefficient (Wildman–Crippen LogP) is -0.268. The molecule has 3 rings (SSSR count). The first-order chi connectivity index (χ1) is 13.7. The molecule has 1 aromatic carbocycles. The number of benzene rings is 1. The lowest BCUT2D eigenvalue weighted by Crippen LogP contribution is -2.42. The van der Waals surface area contributed by atoms with Crippen LogP contribution in [0.4, 0.5) is 5.69 Å². The van der Waals surface area contributed by atoms with Gasteiger partial charge in [0.25, 0.3) is 11.6 Å². The zero-order chi connectivity index (χ0) is 21.3. The molecule has 1 aliphatic rings. The van der Waals surface area contributed by atoms with Crippen LogP contribution in [0.2, 0.25) is 0 Å². The first-order valence-corrected chi connectivity index (χ1v) is 9.10. The van der Waals surface area contributed by atoms with E-state index in [-0.39, 0.29) is 35.5 Å². The van der Waals surface area contributed by atoms with Crippen LogP contribution >= 0.6 is 12.2 Å². The van der Waals surface area contributed by atoms with Gasteiger partial charge in [0.15, 0.2) is 23.9 Å². The molecule has 1 fully saturated rings. The molecule has 11 heteroatoms. The number of likely N-dealkylation sites (N-methyl/N-ethyl adjacent to an activating group) is 1. The summed E-state index contributed by atoms with van der Waals surface area (Å²) in [6.07, 6.45) is -0.166. The van der Waals surface area contributed by atoms with Crippen molar-refractivity contribution in [1.82, 2.24) is 15.1 Å². The fourth-order valence-corrected chi connectivity index (χ4v) is 3.27. The molecular weight excluding hydrogens is 398 g/mol. The van der Waals surface area contributed by atoms with Crippen LogP contribution in [0.15, 0.2) is 28.8 Å². The van der Waals surface area contributed by atoms with E-state index >= 15 is 0 Å². The Labute approximate surface area is 171 Å². The molecule has 1 N–H and O–H groups in total. The summed E-state index contributed by atoms with van der Waals surface area (Å²) < 4.78 is 5.87. The summed E-state index contributed by atoms with van der Waals surface area (Å²) in [5.74, 6) is -1.46. The van der Waals surface area contributed by atoms with E-state index in [4.69, 9.17) is 12.2 Å². The maximum atomic E-state index is 12.6. The van der Waals surface area contributed by atoms with Crippen molar-refractivity contribution < 1.29 is 28.7 Å². The number of thiocarbonyl (C=S) groups is 1. The molecule has 2 heterocycles. The number of nitrogens with zero attached hydrogens (tertiary/aromatic N) is 4. The van der Waals surface area contributed by atoms with Crippen LogP contribution in [-0.4, -0.2) is 50.9 Å². The van der Waals surface area contributed by atoms with E-state index in [0.717, 1.165) is 0 Å². The van der Waals surface area contributed by atoms with Gasteiger partial charge in [-0.05, 0) is 43.4 Å². The highest BCUT2D eigenvalue weighted by Gasteiger charge is 2.42. The summed E-state index contributed by atoms with van der Waals surface area (Å²) in [6, 6.07) is 5.57. The third kappa shape index (κ3) is 4.09. The lowest BCUT2D eigenvalue weighted by molar-refractivity contribution is -0.746. The SMILES string of the molecule is CC(=O)c1ccc(NC(=O)CC2C(=O)N(C)C(=S)N2Cc2c([O-])on[n+]2C)cc1. The van der Waals surface area contributed by atoms with Crippen LogP contribution in [-0.2, 0) is 23.2 Å². The number of aryl methyl sites for hydroxylation is 1. The van der Waals surface area contributed by atoms with Gasteiger partial charge in [0, 0.05) is 18.3 Å². The van der Waals surface area contributed by atoms with E-state index in [2.05, 4.69) is 15.1 Å². The van der Waals surface area contributed by atoms with Crippen molar-refractivity contribution >= 4 is 40.6 Å². The summed E-state index contributed by atoms with van der Waals surface area (Å²) in [5.41, 5.74) is 1.24. The molecule has 2 amide bonds. The summed E-state index contributed by atoms with van der Waals surface area (Å²) in [7, 11) is 3.05. The summed E-state index contributed by atoms with van der Waals surface area (Å²) in [6.45, 7) is 1.44. The Bertz CT molecular complexity index is 968. The van der Waals surface area contributed by atoms with Crippen LogP contribution in [0.5, 0.6) is 5.95 Å². The van der Waals surface area contributed by atoms with Crippen LogP contribution in [0.3, 0.4) is 0 Å². The van der Waals surface area contributed by atoms with Crippen LogP contribution < -0.4 is 15.1 Å². The fraction of sp³-hybridized carbons (Fsp3) is 0.333. The quantitative estimate of drug-likeness (QED) is 0.387.